The summed E-state index contributed by atoms with van der Waals surface area (Å²) >= 11 is 0. The average molecular weight is 190 g/mol. The summed E-state index contributed by atoms with van der Waals surface area (Å²) in [5, 5.41) is 3.29. The molecule has 0 fully saturated rings. The number of dihydropyridines is 1. The highest BCUT2D eigenvalue weighted by Crippen LogP contribution is 1.99. The van der Waals surface area contributed by atoms with E-state index in [9.17, 15) is 0 Å². The zero-order valence-electron chi connectivity index (χ0n) is 8.52. The van der Waals surface area contributed by atoms with Crippen molar-refractivity contribution >= 4 is 0 Å². The molecule has 1 aliphatic rings. The van der Waals surface area contributed by atoms with Gasteiger partial charge in [0.15, 0.2) is 0 Å². The van der Waals surface area contributed by atoms with Gasteiger partial charge in [0.25, 0.3) is 0 Å². The summed E-state index contributed by atoms with van der Waals surface area (Å²) in [6.07, 6.45) is 12.1. The molecule has 0 saturated heterocycles. The van der Waals surface area contributed by atoms with Gasteiger partial charge in [0.2, 0.25) is 0 Å². The van der Waals surface area contributed by atoms with Crippen LogP contribution in [0.15, 0.2) is 49.7 Å². The van der Waals surface area contributed by atoms with E-state index in [-0.39, 0.29) is 0 Å². The maximum atomic E-state index is 3.75. The summed E-state index contributed by atoms with van der Waals surface area (Å²) in [5.74, 6) is 0. The average Bonchev–Trinajstić information content (AvgIpc) is 2.20. The lowest BCUT2D eigenvalue weighted by molar-refractivity contribution is 0.316. The monoisotopic (exact) mass is 190 g/mol. The SMILES string of the molecule is C=CCN(CC=C)CC1C=CC=CN1. The summed E-state index contributed by atoms with van der Waals surface area (Å²) in [6.45, 7) is 10.3. The van der Waals surface area contributed by atoms with Crippen molar-refractivity contribution in [2.75, 3.05) is 19.6 Å². The normalized spacial score (nSPS) is 19.4. The van der Waals surface area contributed by atoms with Gasteiger partial charge in [-0.05, 0) is 12.3 Å². The van der Waals surface area contributed by atoms with E-state index in [1.165, 1.54) is 0 Å². The molecule has 0 amide bonds. The third kappa shape index (κ3) is 3.62. The third-order valence-corrected chi connectivity index (χ3v) is 2.09. The molecule has 2 heteroatoms. The zero-order chi connectivity index (χ0) is 10.2. The Morgan fingerprint density at radius 2 is 1.93 bits per heavy atom. The molecule has 1 aliphatic heterocycles. The maximum Gasteiger partial charge on any atom is 0.0569 e. The van der Waals surface area contributed by atoms with Crippen LogP contribution in [0.25, 0.3) is 0 Å². The Morgan fingerprint density at radius 1 is 1.21 bits per heavy atom. The molecule has 0 spiro atoms. The predicted octanol–water partition coefficient (Wildman–Crippen LogP) is 1.70. The molecule has 0 aliphatic carbocycles. The molecule has 0 aromatic heterocycles. The summed E-state index contributed by atoms with van der Waals surface area (Å²) in [4.78, 5) is 2.29. The molecule has 14 heavy (non-hydrogen) atoms. The minimum Gasteiger partial charge on any atom is -0.383 e. The highest BCUT2D eigenvalue weighted by Gasteiger charge is 2.08. The van der Waals surface area contributed by atoms with Crippen LogP contribution in [0.1, 0.15) is 0 Å². The largest absolute Gasteiger partial charge is 0.383 e. The van der Waals surface area contributed by atoms with Crippen molar-refractivity contribution in [2.24, 2.45) is 0 Å². The lowest BCUT2D eigenvalue weighted by Gasteiger charge is -2.24. The number of nitrogens with one attached hydrogen (secondary N) is 1. The Kier molecular flexibility index (Phi) is 4.79. The number of nitrogens with zero attached hydrogens (tertiary/aromatic N) is 1. The number of allylic oxidation sites excluding steroid dienone is 2. The first-order valence-electron chi connectivity index (χ1n) is 4.90. The smallest absolute Gasteiger partial charge is 0.0569 e. The second kappa shape index (κ2) is 6.22. The molecule has 0 radical (unpaired) electrons. The van der Waals surface area contributed by atoms with Gasteiger partial charge in [-0.15, -0.1) is 13.2 Å². The van der Waals surface area contributed by atoms with Crippen molar-refractivity contribution in [3.8, 4) is 0 Å². The van der Waals surface area contributed by atoms with E-state index in [1.54, 1.807) is 0 Å². The molecular weight excluding hydrogens is 172 g/mol. The first-order valence-corrected chi connectivity index (χ1v) is 4.90. The van der Waals surface area contributed by atoms with E-state index in [1.807, 2.05) is 24.4 Å². The first kappa shape index (κ1) is 10.8. The summed E-state index contributed by atoms with van der Waals surface area (Å²) in [6, 6.07) is 0.403. The number of hydrogen-bond acceptors (Lipinski definition) is 2. The molecule has 0 aromatic rings. The molecule has 1 rings (SSSR count). The molecule has 76 valence electrons. The quantitative estimate of drug-likeness (QED) is 0.641. The van der Waals surface area contributed by atoms with Crippen molar-refractivity contribution < 1.29 is 0 Å². The van der Waals surface area contributed by atoms with Crippen LogP contribution in [0.5, 0.6) is 0 Å². The number of hydrogen-bond donors (Lipinski definition) is 1. The molecular formula is C12H18N2. The molecule has 0 saturated carbocycles. The Balaban J connectivity index is 2.37. The van der Waals surface area contributed by atoms with Gasteiger partial charge in [0.1, 0.15) is 0 Å². The molecule has 1 N–H and O–H groups in total. The summed E-state index contributed by atoms with van der Waals surface area (Å²) in [5.41, 5.74) is 0. The van der Waals surface area contributed by atoms with Crippen molar-refractivity contribution in [1.29, 1.82) is 0 Å². The van der Waals surface area contributed by atoms with Gasteiger partial charge in [-0.2, -0.15) is 0 Å². The van der Waals surface area contributed by atoms with E-state index >= 15 is 0 Å². The van der Waals surface area contributed by atoms with E-state index in [4.69, 9.17) is 0 Å². The van der Waals surface area contributed by atoms with Gasteiger partial charge in [-0.1, -0.05) is 24.3 Å². The van der Waals surface area contributed by atoms with Gasteiger partial charge < -0.3 is 5.32 Å². The Hall–Kier alpha value is -1.28. The number of rotatable bonds is 6. The van der Waals surface area contributed by atoms with Crippen molar-refractivity contribution in [3.05, 3.63) is 49.7 Å². The van der Waals surface area contributed by atoms with Crippen LogP contribution in [0, 0.1) is 0 Å². The highest BCUT2D eigenvalue weighted by molar-refractivity contribution is 5.12. The molecule has 2 nitrogen and oxygen atoms in total. The van der Waals surface area contributed by atoms with Gasteiger partial charge in [0.05, 0.1) is 6.04 Å². The van der Waals surface area contributed by atoms with Crippen LogP contribution in [0.2, 0.25) is 0 Å². The fraction of sp³-hybridized carbons (Fsp3) is 0.333. The van der Waals surface area contributed by atoms with Gasteiger partial charge in [0, 0.05) is 19.6 Å². The minimum atomic E-state index is 0.403. The third-order valence-electron chi connectivity index (χ3n) is 2.09. The van der Waals surface area contributed by atoms with Crippen LogP contribution < -0.4 is 5.32 Å². The maximum absolute atomic E-state index is 3.75. The molecule has 1 atom stereocenters. The summed E-state index contributed by atoms with van der Waals surface area (Å²) in [7, 11) is 0. The van der Waals surface area contributed by atoms with Gasteiger partial charge in [-0.3, -0.25) is 4.90 Å². The first-order chi connectivity index (χ1) is 6.86. The minimum absolute atomic E-state index is 0.403. The van der Waals surface area contributed by atoms with Crippen LogP contribution >= 0.6 is 0 Å². The predicted molar refractivity (Wildman–Crippen MR) is 62.0 cm³/mol. The fourth-order valence-corrected chi connectivity index (χ4v) is 1.47. The van der Waals surface area contributed by atoms with Gasteiger partial charge in [-0.25, -0.2) is 0 Å². The highest BCUT2D eigenvalue weighted by atomic mass is 15.1. The van der Waals surface area contributed by atoms with E-state index in [0.29, 0.717) is 6.04 Å². The van der Waals surface area contributed by atoms with E-state index in [0.717, 1.165) is 19.6 Å². The lowest BCUT2D eigenvalue weighted by Crippen LogP contribution is -2.38. The van der Waals surface area contributed by atoms with E-state index < -0.39 is 0 Å². The molecule has 0 aromatic carbocycles. The molecule has 0 bridgehead atoms. The topological polar surface area (TPSA) is 15.3 Å². The Bertz CT molecular complexity index is 231. The van der Waals surface area contributed by atoms with E-state index in [2.05, 4.69) is 35.5 Å². The molecule has 1 unspecified atom stereocenters. The Labute approximate surface area is 86.3 Å². The lowest BCUT2D eigenvalue weighted by atomic mass is 10.2. The summed E-state index contributed by atoms with van der Waals surface area (Å²) < 4.78 is 0. The second-order valence-electron chi connectivity index (χ2n) is 3.31. The zero-order valence-corrected chi connectivity index (χ0v) is 8.52. The van der Waals surface area contributed by atoms with Crippen LogP contribution in [0.3, 0.4) is 0 Å². The van der Waals surface area contributed by atoms with Crippen LogP contribution in [-0.4, -0.2) is 30.6 Å². The van der Waals surface area contributed by atoms with Crippen molar-refractivity contribution in [2.45, 2.75) is 6.04 Å². The van der Waals surface area contributed by atoms with Crippen LogP contribution in [-0.2, 0) is 0 Å². The fourth-order valence-electron chi connectivity index (χ4n) is 1.47. The van der Waals surface area contributed by atoms with Gasteiger partial charge >= 0.3 is 0 Å². The standard InChI is InChI=1S/C12H18N2/c1-3-9-14(10-4-2)11-12-7-5-6-8-13-12/h3-8,12-13H,1-2,9-11H2. The molecule has 1 heterocycles. The van der Waals surface area contributed by atoms with Crippen LogP contribution in [0.4, 0.5) is 0 Å². The van der Waals surface area contributed by atoms with Crippen molar-refractivity contribution in [3.63, 3.8) is 0 Å². The van der Waals surface area contributed by atoms with Crippen molar-refractivity contribution in [1.82, 2.24) is 10.2 Å². The Morgan fingerprint density at radius 3 is 2.43 bits per heavy atom. The second-order valence-corrected chi connectivity index (χ2v) is 3.31.